The lowest BCUT2D eigenvalue weighted by Crippen LogP contribution is -2.64. The largest absolute Gasteiger partial charge is 0.367 e. The summed E-state index contributed by atoms with van der Waals surface area (Å²) in [6.45, 7) is 21.0. The lowest BCUT2D eigenvalue weighted by molar-refractivity contribution is -0.214. The quantitative estimate of drug-likeness (QED) is 0.289. The lowest BCUT2D eigenvalue weighted by atomic mass is 9.33. The van der Waals surface area contributed by atoms with Crippen LogP contribution < -0.4 is 0 Å². The number of allylic oxidation sites excluding steroid dienone is 1. The smallest absolute Gasteiger partial charge is 0.0922 e. The van der Waals surface area contributed by atoms with Gasteiger partial charge >= 0.3 is 0 Å². The molecule has 0 bridgehead atoms. The number of thioether (sulfide) groups is 1. The third-order valence-electron chi connectivity index (χ3n) is 13.6. The summed E-state index contributed by atoms with van der Waals surface area (Å²) in [7, 11) is 0. The van der Waals surface area contributed by atoms with Gasteiger partial charge in [-0.25, -0.2) is 0 Å². The average molecular weight is 487 g/mol. The first kappa shape index (κ1) is 25.7. The normalized spacial score (nSPS) is 51.8. The minimum absolute atomic E-state index is 0.176. The van der Waals surface area contributed by atoms with E-state index in [0.717, 1.165) is 35.5 Å². The minimum atomic E-state index is 0.176. The zero-order chi connectivity index (χ0) is 24.7. The SMILES string of the molecule is CSCO[C@H]1CC[C@@H]2C(=CC[C@H]3[C@@]2(C)CC[C@@]2(C)[C@@H]4CC[C@H](C(C)C)[C@@]4(C)CC[C@]32C)C1(C)C. The van der Waals surface area contributed by atoms with Crippen molar-refractivity contribution in [3.8, 4) is 0 Å². The molecule has 0 spiro atoms. The number of hydrogen-bond acceptors (Lipinski definition) is 2. The van der Waals surface area contributed by atoms with Gasteiger partial charge in [-0.2, -0.15) is 0 Å². The summed E-state index contributed by atoms with van der Waals surface area (Å²) in [4.78, 5) is 0. The van der Waals surface area contributed by atoms with E-state index in [1.807, 2.05) is 11.8 Å². The molecule has 0 amide bonds. The molecule has 0 aromatic carbocycles. The highest BCUT2D eigenvalue weighted by atomic mass is 32.2. The molecule has 0 saturated heterocycles. The summed E-state index contributed by atoms with van der Waals surface area (Å²) in [5, 5.41) is 0. The van der Waals surface area contributed by atoms with E-state index in [-0.39, 0.29) is 5.41 Å². The molecule has 0 aliphatic heterocycles. The van der Waals surface area contributed by atoms with Crippen molar-refractivity contribution >= 4 is 11.8 Å². The third-order valence-corrected chi connectivity index (χ3v) is 14.0. The van der Waals surface area contributed by atoms with Crippen LogP contribution in [0.3, 0.4) is 0 Å². The number of hydrogen-bond donors (Lipinski definition) is 0. The first-order valence-electron chi connectivity index (χ1n) is 14.7. The van der Waals surface area contributed by atoms with Gasteiger partial charge < -0.3 is 4.74 Å². The Morgan fingerprint density at radius 3 is 2.15 bits per heavy atom. The summed E-state index contributed by atoms with van der Waals surface area (Å²) in [5.41, 5.74) is 3.96. The fourth-order valence-corrected chi connectivity index (χ4v) is 11.9. The van der Waals surface area contributed by atoms with Crippen LogP contribution in [-0.2, 0) is 4.74 Å². The van der Waals surface area contributed by atoms with Gasteiger partial charge in [0.05, 0.1) is 12.0 Å². The molecular weight excluding hydrogens is 432 g/mol. The van der Waals surface area contributed by atoms with E-state index in [1.165, 1.54) is 57.8 Å². The van der Waals surface area contributed by atoms with Crippen LogP contribution in [0.25, 0.3) is 0 Å². The van der Waals surface area contributed by atoms with Gasteiger partial charge in [0.1, 0.15) is 0 Å². The molecule has 0 N–H and O–H groups in total. The Morgan fingerprint density at radius 2 is 1.50 bits per heavy atom. The van der Waals surface area contributed by atoms with Gasteiger partial charge in [-0.05, 0) is 115 Å². The molecule has 5 aliphatic carbocycles. The molecule has 0 heterocycles. The second-order valence-electron chi connectivity index (χ2n) is 15.2. The van der Waals surface area contributed by atoms with Crippen molar-refractivity contribution in [1.29, 1.82) is 0 Å². The number of rotatable bonds is 4. The molecular formula is C32H54OS. The Balaban J connectivity index is 1.49. The molecule has 4 saturated carbocycles. The maximum Gasteiger partial charge on any atom is 0.0922 e. The zero-order valence-electron chi connectivity index (χ0n) is 23.9. The number of ether oxygens (including phenoxy) is 1. The van der Waals surface area contributed by atoms with Crippen LogP contribution in [0.4, 0.5) is 0 Å². The number of fused-ring (bicyclic) bond motifs is 7. The molecule has 0 aromatic heterocycles. The van der Waals surface area contributed by atoms with Crippen LogP contribution in [0.2, 0.25) is 0 Å². The Labute approximate surface area is 216 Å². The molecule has 9 atom stereocenters. The van der Waals surface area contributed by atoms with Crippen LogP contribution in [0.5, 0.6) is 0 Å². The van der Waals surface area contributed by atoms with E-state index in [9.17, 15) is 0 Å². The second kappa shape index (κ2) is 8.28. The van der Waals surface area contributed by atoms with E-state index in [2.05, 4.69) is 67.7 Å². The van der Waals surface area contributed by atoms with Crippen molar-refractivity contribution < 1.29 is 4.74 Å². The maximum absolute atomic E-state index is 6.40. The molecule has 1 nitrogen and oxygen atoms in total. The van der Waals surface area contributed by atoms with Gasteiger partial charge in [0.15, 0.2) is 0 Å². The Kier molecular flexibility index (Phi) is 6.25. The van der Waals surface area contributed by atoms with Gasteiger partial charge in [-0.1, -0.05) is 67.0 Å². The highest BCUT2D eigenvalue weighted by Crippen LogP contribution is 2.77. The molecule has 2 heteroatoms. The summed E-state index contributed by atoms with van der Waals surface area (Å²) < 4.78 is 6.40. The molecule has 4 fully saturated rings. The predicted octanol–water partition coefficient (Wildman–Crippen LogP) is 9.37. The van der Waals surface area contributed by atoms with E-state index in [1.54, 1.807) is 5.57 Å². The molecule has 5 aliphatic rings. The summed E-state index contributed by atoms with van der Waals surface area (Å²) in [5.74, 6) is 5.13. The van der Waals surface area contributed by atoms with Gasteiger partial charge in [-0.3, -0.25) is 0 Å². The Bertz CT molecular complexity index is 829. The zero-order valence-corrected chi connectivity index (χ0v) is 24.7. The van der Waals surface area contributed by atoms with Crippen molar-refractivity contribution in [3.05, 3.63) is 11.6 Å². The fourth-order valence-electron chi connectivity index (χ4n) is 11.6. The van der Waals surface area contributed by atoms with E-state index >= 15 is 0 Å². The van der Waals surface area contributed by atoms with Crippen molar-refractivity contribution in [2.45, 2.75) is 119 Å². The average Bonchev–Trinajstić information content (AvgIpc) is 3.13. The summed E-state index contributed by atoms with van der Waals surface area (Å²) in [6.07, 6.45) is 18.0. The topological polar surface area (TPSA) is 9.23 Å². The molecule has 194 valence electrons. The van der Waals surface area contributed by atoms with E-state index in [0.29, 0.717) is 27.8 Å². The first-order chi connectivity index (χ1) is 15.9. The van der Waals surface area contributed by atoms with E-state index in [4.69, 9.17) is 4.74 Å². The van der Waals surface area contributed by atoms with Crippen LogP contribution >= 0.6 is 11.8 Å². The standard InChI is InChI=1S/C32H54OS/c1-21(2)22-10-13-25-29(22,5)16-18-32(8)26-14-11-23-24(30(26,6)17-19-31(25,32)7)12-15-27(28(23,3)4)33-20-34-9/h11,21-22,24-27H,10,12-20H2,1-9H3/t22-,24-,25-,26+,27+,29-,30+,31+,32-/m1/s1. The van der Waals surface area contributed by atoms with Crippen LogP contribution in [0.1, 0.15) is 113 Å². The molecule has 5 rings (SSSR count). The van der Waals surface area contributed by atoms with Crippen LogP contribution in [-0.4, -0.2) is 18.3 Å². The molecule has 34 heavy (non-hydrogen) atoms. The van der Waals surface area contributed by atoms with Crippen molar-refractivity contribution in [2.24, 2.45) is 56.7 Å². The highest BCUT2D eigenvalue weighted by Gasteiger charge is 2.70. The molecule has 0 aromatic rings. The van der Waals surface area contributed by atoms with Crippen LogP contribution in [0, 0.1) is 56.7 Å². The van der Waals surface area contributed by atoms with Crippen molar-refractivity contribution in [3.63, 3.8) is 0 Å². The van der Waals surface area contributed by atoms with Crippen molar-refractivity contribution in [1.82, 2.24) is 0 Å². The summed E-state index contributed by atoms with van der Waals surface area (Å²) >= 11 is 1.82. The van der Waals surface area contributed by atoms with Gasteiger partial charge in [-0.15, -0.1) is 11.8 Å². The van der Waals surface area contributed by atoms with Crippen molar-refractivity contribution in [2.75, 3.05) is 12.2 Å². The monoisotopic (exact) mass is 486 g/mol. The summed E-state index contributed by atoms with van der Waals surface area (Å²) in [6, 6.07) is 0. The molecule has 0 unspecified atom stereocenters. The van der Waals surface area contributed by atoms with Gasteiger partial charge in [0, 0.05) is 5.41 Å². The maximum atomic E-state index is 6.40. The first-order valence-corrected chi connectivity index (χ1v) is 16.1. The van der Waals surface area contributed by atoms with E-state index < -0.39 is 0 Å². The van der Waals surface area contributed by atoms with Crippen LogP contribution in [0.15, 0.2) is 11.6 Å². The highest BCUT2D eigenvalue weighted by molar-refractivity contribution is 7.98. The van der Waals surface area contributed by atoms with Gasteiger partial charge in [0.2, 0.25) is 0 Å². The van der Waals surface area contributed by atoms with Gasteiger partial charge in [0.25, 0.3) is 0 Å². The fraction of sp³-hybridized carbons (Fsp3) is 0.938. The third kappa shape index (κ3) is 3.21. The molecule has 0 radical (unpaired) electrons. The predicted molar refractivity (Wildman–Crippen MR) is 148 cm³/mol. The Morgan fingerprint density at radius 1 is 0.853 bits per heavy atom. The second-order valence-corrected chi connectivity index (χ2v) is 16.0. The minimum Gasteiger partial charge on any atom is -0.367 e. The lowest BCUT2D eigenvalue weighted by Gasteiger charge is -2.71. The Hall–Kier alpha value is 0.0500.